The average molecular weight is 366 g/mol. The van der Waals surface area contributed by atoms with Gasteiger partial charge in [-0.3, -0.25) is 4.98 Å². The number of hydrogen-bond acceptors (Lipinski definition) is 3. The number of ether oxygens (including phenoxy) is 1. The summed E-state index contributed by atoms with van der Waals surface area (Å²) in [5, 5.41) is 4.88. The summed E-state index contributed by atoms with van der Waals surface area (Å²) in [6, 6.07) is 27.1. The molecule has 5 rings (SSSR count). The molecule has 3 nitrogen and oxygen atoms in total. The summed E-state index contributed by atoms with van der Waals surface area (Å²) in [7, 11) is 0. The van der Waals surface area contributed by atoms with Crippen LogP contribution in [-0.2, 0) is 12.8 Å². The van der Waals surface area contributed by atoms with E-state index in [1.807, 2.05) is 48.7 Å². The first-order valence-electron chi connectivity index (χ1n) is 9.80. The van der Waals surface area contributed by atoms with Crippen LogP contribution in [-0.4, -0.2) is 11.0 Å². The first-order chi connectivity index (χ1) is 13.8. The lowest BCUT2D eigenvalue weighted by Crippen LogP contribution is -2.16. The van der Waals surface area contributed by atoms with Crippen LogP contribution in [0.4, 0.5) is 5.69 Å². The first kappa shape index (κ1) is 16.8. The maximum Gasteiger partial charge on any atom is 0.128 e. The molecule has 138 valence electrons. The molecule has 1 aliphatic rings. The highest BCUT2D eigenvalue weighted by atomic mass is 16.5. The van der Waals surface area contributed by atoms with Crippen LogP contribution in [0.1, 0.15) is 17.5 Å². The summed E-state index contributed by atoms with van der Waals surface area (Å²) in [6.45, 7) is 0. The summed E-state index contributed by atoms with van der Waals surface area (Å²) in [5.74, 6) is 1.68. The van der Waals surface area contributed by atoms with E-state index in [2.05, 4.69) is 46.7 Å². The third kappa shape index (κ3) is 3.44. The molecule has 1 atom stereocenters. The summed E-state index contributed by atoms with van der Waals surface area (Å²) >= 11 is 0. The Morgan fingerprint density at radius 2 is 1.68 bits per heavy atom. The molecular weight excluding hydrogens is 344 g/mol. The topological polar surface area (TPSA) is 34.1 Å². The van der Waals surface area contributed by atoms with Gasteiger partial charge in [-0.15, -0.1) is 0 Å². The Morgan fingerprint density at radius 1 is 0.893 bits per heavy atom. The molecule has 0 saturated heterocycles. The van der Waals surface area contributed by atoms with Crippen LogP contribution < -0.4 is 10.1 Å². The molecule has 0 spiro atoms. The Bertz CT molecular complexity index is 1090. The number of hydrogen-bond donors (Lipinski definition) is 1. The van der Waals surface area contributed by atoms with Crippen LogP contribution in [0, 0.1) is 0 Å². The minimum atomic E-state index is 0.446. The van der Waals surface area contributed by atoms with Gasteiger partial charge >= 0.3 is 0 Å². The Kier molecular flexibility index (Phi) is 4.42. The van der Waals surface area contributed by atoms with Crippen LogP contribution in [0.15, 0.2) is 85.1 Å². The van der Waals surface area contributed by atoms with Gasteiger partial charge in [0.2, 0.25) is 0 Å². The second-order valence-electron chi connectivity index (χ2n) is 7.32. The summed E-state index contributed by atoms with van der Waals surface area (Å²) in [4.78, 5) is 4.66. The number of benzene rings is 3. The lowest BCUT2D eigenvalue weighted by atomic mass is 10.0. The number of fused-ring (bicyclic) bond motifs is 3. The van der Waals surface area contributed by atoms with Crippen molar-refractivity contribution < 1.29 is 4.74 Å². The van der Waals surface area contributed by atoms with Crippen molar-refractivity contribution >= 4 is 16.6 Å². The van der Waals surface area contributed by atoms with E-state index in [0.29, 0.717) is 6.04 Å². The van der Waals surface area contributed by atoms with E-state index < -0.39 is 0 Å². The van der Waals surface area contributed by atoms with E-state index in [1.165, 1.54) is 16.8 Å². The molecule has 0 radical (unpaired) electrons. The van der Waals surface area contributed by atoms with Crippen molar-refractivity contribution in [1.29, 1.82) is 0 Å². The number of aryl methyl sites for hydroxylation is 1. The van der Waals surface area contributed by atoms with Gasteiger partial charge in [0.25, 0.3) is 0 Å². The minimum Gasteiger partial charge on any atom is -0.457 e. The van der Waals surface area contributed by atoms with Crippen LogP contribution in [0.2, 0.25) is 0 Å². The molecule has 1 aliphatic heterocycles. The summed E-state index contributed by atoms with van der Waals surface area (Å²) in [6.07, 6.45) is 5.24. The number of pyridine rings is 1. The highest BCUT2D eigenvalue weighted by Gasteiger charge is 2.23. The van der Waals surface area contributed by atoms with Crippen molar-refractivity contribution in [2.75, 3.05) is 5.32 Å². The Morgan fingerprint density at radius 3 is 2.50 bits per heavy atom. The molecule has 0 amide bonds. The van der Waals surface area contributed by atoms with E-state index >= 15 is 0 Å². The molecule has 1 unspecified atom stereocenters. The van der Waals surface area contributed by atoms with Gasteiger partial charge in [-0.05, 0) is 60.7 Å². The maximum absolute atomic E-state index is 6.02. The predicted molar refractivity (Wildman–Crippen MR) is 114 cm³/mol. The number of nitrogens with one attached hydrogen (secondary N) is 1. The fourth-order valence-corrected chi connectivity index (χ4v) is 3.91. The standard InChI is InChI=1S/C25H22N2O/c1-3-7-18(8-4-1)11-12-20-15-19-17-26-24-14-13-22(16-23(24)25(19)27-20)28-21-9-5-2-6-10-21/h1-10,13-14,16-17,20,27H,11-12,15H2. The molecule has 0 fully saturated rings. The Labute approximate surface area is 165 Å². The molecule has 0 saturated carbocycles. The average Bonchev–Trinajstić information content (AvgIpc) is 3.17. The van der Waals surface area contributed by atoms with Crippen LogP contribution in [0.3, 0.4) is 0 Å². The molecule has 4 aromatic rings. The van der Waals surface area contributed by atoms with Gasteiger partial charge in [0.1, 0.15) is 11.5 Å². The second kappa shape index (κ2) is 7.35. The summed E-state index contributed by atoms with van der Waals surface area (Å²) < 4.78 is 6.02. The molecule has 2 heterocycles. The zero-order valence-electron chi connectivity index (χ0n) is 15.6. The number of nitrogens with zero attached hydrogens (tertiary/aromatic N) is 1. The van der Waals surface area contributed by atoms with Gasteiger partial charge in [-0.2, -0.15) is 0 Å². The Balaban J connectivity index is 1.37. The van der Waals surface area contributed by atoms with E-state index in [-0.39, 0.29) is 0 Å². The van der Waals surface area contributed by atoms with Crippen LogP contribution >= 0.6 is 0 Å². The second-order valence-corrected chi connectivity index (χ2v) is 7.32. The van der Waals surface area contributed by atoms with Gasteiger partial charge in [-0.25, -0.2) is 0 Å². The highest BCUT2D eigenvalue weighted by molar-refractivity contribution is 5.94. The van der Waals surface area contributed by atoms with Gasteiger partial charge < -0.3 is 10.1 Å². The molecule has 3 aromatic carbocycles. The molecule has 3 heteroatoms. The van der Waals surface area contributed by atoms with Gasteiger partial charge in [0, 0.05) is 23.3 Å². The smallest absolute Gasteiger partial charge is 0.128 e. The van der Waals surface area contributed by atoms with Crippen LogP contribution in [0.25, 0.3) is 10.9 Å². The molecule has 0 aliphatic carbocycles. The van der Waals surface area contributed by atoms with E-state index in [4.69, 9.17) is 4.74 Å². The number of rotatable bonds is 5. The first-order valence-corrected chi connectivity index (χ1v) is 9.80. The Hall–Kier alpha value is -3.33. The zero-order valence-corrected chi connectivity index (χ0v) is 15.6. The van der Waals surface area contributed by atoms with Crippen LogP contribution in [0.5, 0.6) is 11.5 Å². The fraction of sp³-hybridized carbons (Fsp3) is 0.160. The van der Waals surface area contributed by atoms with Crippen molar-refractivity contribution in [1.82, 2.24) is 4.98 Å². The monoisotopic (exact) mass is 366 g/mol. The number of anilines is 1. The maximum atomic E-state index is 6.02. The highest BCUT2D eigenvalue weighted by Crippen LogP contribution is 2.36. The van der Waals surface area contributed by atoms with Crippen molar-refractivity contribution in [3.05, 3.63) is 96.2 Å². The van der Waals surface area contributed by atoms with Crippen molar-refractivity contribution in [2.24, 2.45) is 0 Å². The van der Waals surface area contributed by atoms with E-state index in [1.54, 1.807) is 0 Å². The quantitative estimate of drug-likeness (QED) is 0.470. The van der Waals surface area contributed by atoms with Crippen molar-refractivity contribution in [2.45, 2.75) is 25.3 Å². The zero-order chi connectivity index (χ0) is 18.8. The number of aromatic nitrogens is 1. The third-order valence-electron chi connectivity index (χ3n) is 5.34. The van der Waals surface area contributed by atoms with Gasteiger partial charge in [0.05, 0.1) is 5.52 Å². The third-order valence-corrected chi connectivity index (χ3v) is 5.34. The predicted octanol–water partition coefficient (Wildman–Crippen LogP) is 6.00. The lowest BCUT2D eigenvalue weighted by molar-refractivity contribution is 0.483. The SMILES string of the molecule is c1ccc(CCC2Cc3cnc4ccc(Oc5ccccc5)cc4c3N2)cc1. The minimum absolute atomic E-state index is 0.446. The van der Waals surface area contributed by atoms with Crippen molar-refractivity contribution in [3.8, 4) is 11.5 Å². The van der Waals surface area contributed by atoms with Gasteiger partial charge in [0.15, 0.2) is 0 Å². The fourth-order valence-electron chi connectivity index (χ4n) is 3.91. The molecule has 1 N–H and O–H groups in total. The number of para-hydroxylation sites is 1. The molecule has 0 bridgehead atoms. The normalized spacial score (nSPS) is 15.2. The van der Waals surface area contributed by atoms with Crippen molar-refractivity contribution in [3.63, 3.8) is 0 Å². The molecule has 1 aromatic heterocycles. The lowest BCUT2D eigenvalue weighted by Gasteiger charge is -2.12. The molecule has 28 heavy (non-hydrogen) atoms. The largest absolute Gasteiger partial charge is 0.457 e. The molecular formula is C25H22N2O. The van der Waals surface area contributed by atoms with E-state index in [0.717, 1.165) is 41.7 Å². The van der Waals surface area contributed by atoms with E-state index in [9.17, 15) is 0 Å². The summed E-state index contributed by atoms with van der Waals surface area (Å²) in [5.41, 5.74) is 4.89. The van der Waals surface area contributed by atoms with Gasteiger partial charge in [-0.1, -0.05) is 48.5 Å².